The smallest absolute Gasteiger partial charge is 0.167 e. The number of hydrogen-bond donors (Lipinski definition) is 0. The third kappa shape index (κ3) is 2.16. The highest BCUT2D eigenvalue weighted by Gasteiger charge is 1.79. The molecule has 2 nitrogen and oxygen atoms in total. The van der Waals surface area contributed by atoms with Crippen molar-refractivity contribution in [3.63, 3.8) is 0 Å². The molecule has 0 bridgehead atoms. The van der Waals surface area contributed by atoms with E-state index in [9.17, 15) is 4.57 Å². The Labute approximate surface area is 60.9 Å². The Balaban J connectivity index is 2.76. The molecule has 1 aromatic carbocycles. The van der Waals surface area contributed by atoms with Gasteiger partial charge in [0.1, 0.15) is 0 Å². The highest BCUT2D eigenvalue weighted by atomic mass is 31.1. The molecule has 10 heavy (non-hydrogen) atoms. The van der Waals surface area contributed by atoms with E-state index in [2.05, 4.69) is 4.76 Å². The van der Waals surface area contributed by atoms with E-state index in [4.69, 9.17) is 0 Å². The van der Waals surface area contributed by atoms with Gasteiger partial charge in [-0.15, -0.1) is 0 Å². The third-order valence-corrected chi connectivity index (χ3v) is 1.35. The molecule has 0 aliphatic rings. The number of rotatable bonds is 2. The molecule has 0 aliphatic heterocycles. The molecule has 0 heterocycles. The summed E-state index contributed by atoms with van der Waals surface area (Å²) in [6, 6.07) is 9.60. The zero-order chi connectivity index (χ0) is 7.23. The van der Waals surface area contributed by atoms with Crippen LogP contribution in [-0.2, 0) is 4.57 Å². The first-order chi connectivity index (χ1) is 4.93. The van der Waals surface area contributed by atoms with Crippen LogP contribution in [0.2, 0.25) is 0 Å². The second-order valence-corrected chi connectivity index (χ2v) is 2.30. The van der Waals surface area contributed by atoms with E-state index in [1.165, 1.54) is 0 Å². The number of nitrogens with zero attached hydrogens (tertiary/aromatic N) is 1. The van der Waals surface area contributed by atoms with Gasteiger partial charge < -0.3 is 4.57 Å². The molecule has 0 aromatic heterocycles. The van der Waals surface area contributed by atoms with Crippen LogP contribution in [0, 0.1) is 0 Å². The molecule has 1 unspecified atom stereocenters. The van der Waals surface area contributed by atoms with E-state index in [-0.39, 0.29) is 0 Å². The average molecular weight is 153 g/mol. The second-order valence-electron chi connectivity index (χ2n) is 1.79. The Morgan fingerprint density at radius 3 is 2.60 bits per heavy atom. The van der Waals surface area contributed by atoms with Crippen molar-refractivity contribution in [3.8, 4) is 0 Å². The van der Waals surface area contributed by atoms with Crippen molar-refractivity contribution in [1.29, 1.82) is 0 Å². The molecule has 0 radical (unpaired) electrons. The summed E-state index contributed by atoms with van der Waals surface area (Å²) in [6.45, 7) is 0. The minimum absolute atomic E-state index is 0.992. The minimum atomic E-state index is -1.00. The van der Waals surface area contributed by atoms with Gasteiger partial charge in [0, 0.05) is 6.21 Å². The molecule has 1 aromatic rings. The van der Waals surface area contributed by atoms with Gasteiger partial charge in [-0.3, -0.25) is 0 Å². The fraction of sp³-hybridized carbons (Fsp3) is 0. The van der Waals surface area contributed by atoms with E-state index in [1.54, 1.807) is 6.21 Å². The highest BCUT2D eigenvalue weighted by Crippen LogP contribution is 1.97. The van der Waals surface area contributed by atoms with Crippen LogP contribution in [0.4, 0.5) is 0 Å². The summed E-state index contributed by atoms with van der Waals surface area (Å²) >= 11 is 0. The van der Waals surface area contributed by atoms with Gasteiger partial charge in [-0.2, -0.15) is 0 Å². The van der Waals surface area contributed by atoms with E-state index in [0.29, 0.717) is 0 Å². The van der Waals surface area contributed by atoms with Gasteiger partial charge in [0.2, 0.25) is 0 Å². The van der Waals surface area contributed by atoms with Crippen LogP contribution in [-0.4, -0.2) is 6.21 Å². The lowest BCUT2D eigenvalue weighted by atomic mass is 10.2. The molecular formula is C7H8NOP. The summed E-state index contributed by atoms with van der Waals surface area (Å²) in [4.78, 5) is 0. The summed E-state index contributed by atoms with van der Waals surface area (Å²) < 4.78 is 13.6. The third-order valence-electron chi connectivity index (χ3n) is 1.08. The van der Waals surface area contributed by atoms with Crippen LogP contribution < -0.4 is 0 Å². The van der Waals surface area contributed by atoms with E-state index >= 15 is 0 Å². The maximum atomic E-state index is 9.99. The SMILES string of the molecule is O=[PH2]N=Cc1ccccc1. The largest absolute Gasteiger partial charge is 0.305 e. The first-order valence-corrected chi connectivity index (χ1v) is 3.94. The Kier molecular flexibility index (Phi) is 2.91. The number of benzene rings is 1. The van der Waals surface area contributed by atoms with E-state index in [1.807, 2.05) is 30.3 Å². The molecule has 0 spiro atoms. The fourth-order valence-corrected chi connectivity index (χ4v) is 0.889. The molecule has 0 saturated carbocycles. The van der Waals surface area contributed by atoms with Gasteiger partial charge >= 0.3 is 0 Å². The van der Waals surface area contributed by atoms with Crippen molar-refractivity contribution in [2.45, 2.75) is 0 Å². The van der Waals surface area contributed by atoms with Crippen molar-refractivity contribution in [3.05, 3.63) is 35.9 Å². The highest BCUT2D eigenvalue weighted by molar-refractivity contribution is 7.22. The van der Waals surface area contributed by atoms with Crippen molar-refractivity contribution in [2.75, 3.05) is 0 Å². The van der Waals surface area contributed by atoms with Crippen LogP contribution >= 0.6 is 8.61 Å². The van der Waals surface area contributed by atoms with Crippen molar-refractivity contribution < 1.29 is 4.57 Å². The summed E-state index contributed by atoms with van der Waals surface area (Å²) in [7, 11) is -1.00. The summed E-state index contributed by atoms with van der Waals surface area (Å²) in [6.07, 6.45) is 1.61. The van der Waals surface area contributed by atoms with Crippen LogP contribution in [0.3, 0.4) is 0 Å². The molecule has 52 valence electrons. The number of hydrogen-bond acceptors (Lipinski definition) is 1. The minimum Gasteiger partial charge on any atom is -0.305 e. The monoisotopic (exact) mass is 153 g/mol. The topological polar surface area (TPSA) is 29.4 Å². The fourth-order valence-electron chi connectivity index (χ4n) is 0.656. The lowest BCUT2D eigenvalue weighted by Crippen LogP contribution is -1.74. The summed E-state index contributed by atoms with van der Waals surface area (Å²) in [5.41, 5.74) is 0.992. The zero-order valence-corrected chi connectivity index (χ0v) is 6.55. The standard InChI is InChI=1S/C7H8NOP/c9-10-8-6-7-4-2-1-3-5-7/h1-6H,10H2. The van der Waals surface area contributed by atoms with E-state index in [0.717, 1.165) is 5.56 Å². The van der Waals surface area contributed by atoms with Crippen molar-refractivity contribution in [1.82, 2.24) is 0 Å². The lowest BCUT2D eigenvalue weighted by Gasteiger charge is -1.86. The molecule has 1 rings (SSSR count). The van der Waals surface area contributed by atoms with Gasteiger partial charge in [0.25, 0.3) is 0 Å². The molecule has 0 amide bonds. The molecule has 0 fully saturated rings. The van der Waals surface area contributed by atoms with Crippen molar-refractivity contribution in [2.24, 2.45) is 4.76 Å². The van der Waals surface area contributed by atoms with Crippen LogP contribution in [0.1, 0.15) is 5.56 Å². The second kappa shape index (κ2) is 4.02. The Morgan fingerprint density at radius 1 is 1.30 bits per heavy atom. The maximum Gasteiger partial charge on any atom is 0.167 e. The van der Waals surface area contributed by atoms with E-state index < -0.39 is 8.61 Å². The summed E-state index contributed by atoms with van der Waals surface area (Å²) in [5.74, 6) is 0. The van der Waals surface area contributed by atoms with Crippen LogP contribution in [0.5, 0.6) is 0 Å². The van der Waals surface area contributed by atoms with Gasteiger partial charge in [-0.25, -0.2) is 4.76 Å². The van der Waals surface area contributed by atoms with Crippen molar-refractivity contribution >= 4 is 14.8 Å². The maximum absolute atomic E-state index is 9.99. The molecule has 0 saturated heterocycles. The van der Waals surface area contributed by atoms with Crippen LogP contribution in [0.25, 0.3) is 0 Å². The molecule has 0 N–H and O–H groups in total. The molecule has 1 atom stereocenters. The molecular weight excluding hydrogens is 145 g/mol. The normalized spacial score (nSPS) is 11.6. The van der Waals surface area contributed by atoms with Gasteiger partial charge in [-0.05, 0) is 5.56 Å². The van der Waals surface area contributed by atoms with Gasteiger partial charge in [0.05, 0.1) is 0 Å². The predicted octanol–water partition coefficient (Wildman–Crippen LogP) is 1.78. The lowest BCUT2D eigenvalue weighted by molar-refractivity contribution is 0.599. The predicted molar refractivity (Wildman–Crippen MR) is 44.4 cm³/mol. The zero-order valence-electron chi connectivity index (χ0n) is 5.40. The van der Waals surface area contributed by atoms with Gasteiger partial charge in [-0.1, -0.05) is 30.3 Å². The molecule has 0 aliphatic carbocycles. The Bertz CT molecular complexity index is 233. The average Bonchev–Trinajstić information content (AvgIpc) is 2.03. The molecule has 3 heteroatoms. The van der Waals surface area contributed by atoms with Gasteiger partial charge in [0.15, 0.2) is 8.61 Å². The quantitative estimate of drug-likeness (QED) is 0.470. The van der Waals surface area contributed by atoms with Crippen LogP contribution in [0.15, 0.2) is 35.1 Å². The first kappa shape index (κ1) is 7.23. The first-order valence-electron chi connectivity index (χ1n) is 2.95. The Hall–Kier alpha value is -0.880. The Morgan fingerprint density at radius 2 is 2.00 bits per heavy atom. The summed E-state index contributed by atoms with van der Waals surface area (Å²) in [5, 5.41) is 0.